The fourth-order valence-corrected chi connectivity index (χ4v) is 15.8. The third kappa shape index (κ3) is 5.65. The maximum atomic E-state index is 13.2. The topological polar surface area (TPSA) is 118 Å². The van der Waals surface area contributed by atoms with E-state index in [4.69, 9.17) is 9.47 Å². The van der Waals surface area contributed by atoms with Crippen LogP contribution >= 0.6 is 0 Å². The van der Waals surface area contributed by atoms with Gasteiger partial charge in [0.1, 0.15) is 35.3 Å². The molecule has 0 bridgehead atoms. The maximum Gasteiger partial charge on any atom is 0.159 e. The van der Waals surface area contributed by atoms with Gasteiger partial charge in [-0.2, -0.15) is 0 Å². The second-order valence-electron chi connectivity index (χ2n) is 20.3. The van der Waals surface area contributed by atoms with Gasteiger partial charge in [-0.3, -0.25) is 19.2 Å². The van der Waals surface area contributed by atoms with Crippen molar-refractivity contribution < 1.29 is 34.1 Å². The molecule has 8 aliphatic carbocycles. The Morgan fingerprint density at radius 1 is 0.564 bits per heavy atom. The van der Waals surface area contributed by atoms with E-state index >= 15 is 0 Å². The first kappa shape index (κ1) is 38.8. The normalized spacial score (nSPS) is 45.6. The molecule has 14 atom stereocenters. The van der Waals surface area contributed by atoms with Crippen molar-refractivity contribution in [3.8, 4) is 11.5 Å². The number of carbonyl (C=O) groups excluding carboxylic acids is 4. The zero-order chi connectivity index (χ0) is 37.9. The van der Waals surface area contributed by atoms with Crippen LogP contribution in [0.1, 0.15) is 131 Å². The van der Waals surface area contributed by atoms with E-state index < -0.39 is 0 Å². The van der Waals surface area contributed by atoms with Crippen LogP contribution in [0.2, 0.25) is 0 Å². The van der Waals surface area contributed by atoms with Crippen molar-refractivity contribution in [1.29, 1.82) is 0 Å². The molecule has 0 heterocycles. The minimum atomic E-state index is -0.240. The molecule has 1 aromatic carbocycles. The number of benzene rings is 1. The Hall–Kier alpha value is -3.06. The van der Waals surface area contributed by atoms with Gasteiger partial charge in [0.15, 0.2) is 11.6 Å². The van der Waals surface area contributed by atoms with Crippen molar-refractivity contribution in [1.82, 2.24) is 0 Å². The Labute approximate surface area is 328 Å². The van der Waals surface area contributed by atoms with Crippen LogP contribution in [0.3, 0.4) is 0 Å². The Morgan fingerprint density at radius 3 is 1.31 bits per heavy atom. The van der Waals surface area contributed by atoms with Gasteiger partial charge in [-0.05, 0) is 174 Å². The van der Waals surface area contributed by atoms with Crippen LogP contribution < -0.4 is 9.47 Å². The second kappa shape index (κ2) is 13.5. The van der Waals surface area contributed by atoms with E-state index in [0.717, 1.165) is 88.5 Å². The summed E-state index contributed by atoms with van der Waals surface area (Å²) in [6, 6.07) is 7.98. The molecule has 55 heavy (non-hydrogen) atoms. The predicted molar refractivity (Wildman–Crippen MR) is 211 cm³/mol. The summed E-state index contributed by atoms with van der Waals surface area (Å²) in [5, 5.41) is 0. The van der Waals surface area contributed by atoms with Gasteiger partial charge in [-0.1, -0.05) is 38.8 Å². The number of ketones is 4. The van der Waals surface area contributed by atoms with Crippen LogP contribution in [0.15, 0.2) is 47.6 Å². The smallest absolute Gasteiger partial charge is 0.159 e. The molecule has 8 aliphatic rings. The third-order valence-electron chi connectivity index (χ3n) is 18.4. The molecule has 1 aromatic rings. The largest absolute Gasteiger partial charge is 0.489 e. The summed E-state index contributed by atoms with van der Waals surface area (Å²) in [4.78, 5) is 51.8. The first-order valence-corrected chi connectivity index (χ1v) is 21.6. The molecule has 7 nitrogen and oxygen atoms in total. The molecule has 6 saturated carbocycles. The summed E-state index contributed by atoms with van der Waals surface area (Å²) in [6.07, 6.45) is 16.8. The molecular weight excluding hydrogens is 689 g/mol. The van der Waals surface area contributed by atoms with Crippen LogP contribution in [0.5, 0.6) is 11.5 Å². The highest BCUT2D eigenvalue weighted by molar-refractivity contribution is 5.93. The number of hydrogen-bond donors (Lipinski definition) is 0. The number of fused-ring (bicyclic) bond motifs is 10. The summed E-state index contributed by atoms with van der Waals surface area (Å²) in [5.41, 5.74) is 2.25. The van der Waals surface area contributed by atoms with E-state index in [2.05, 4.69) is 27.7 Å². The van der Waals surface area contributed by atoms with E-state index in [1.165, 1.54) is 11.1 Å². The molecule has 6 fully saturated rings. The van der Waals surface area contributed by atoms with Crippen molar-refractivity contribution >= 4 is 23.1 Å². The van der Waals surface area contributed by atoms with Crippen molar-refractivity contribution in [2.45, 2.75) is 144 Å². The monoisotopic (exact) mass is 752 g/mol. The second-order valence-corrected chi connectivity index (χ2v) is 20.3. The molecule has 0 radical (unpaired) electrons. The van der Waals surface area contributed by atoms with Crippen molar-refractivity contribution in [3.63, 3.8) is 0 Å². The van der Waals surface area contributed by atoms with Gasteiger partial charge in [-0.15, -0.1) is 0 Å². The van der Waals surface area contributed by atoms with Crippen molar-refractivity contribution in [2.75, 3.05) is 0 Å². The van der Waals surface area contributed by atoms with Crippen LogP contribution in [0.4, 0.5) is 0 Å². The van der Waals surface area contributed by atoms with Gasteiger partial charge >= 0.3 is 0 Å². The molecule has 0 aromatic heterocycles. The molecular formula is C48H64O7. The van der Waals surface area contributed by atoms with E-state index in [-0.39, 0.29) is 62.7 Å². The van der Waals surface area contributed by atoms with E-state index in [9.17, 15) is 19.2 Å². The average molecular weight is 753 g/mol. The highest BCUT2D eigenvalue weighted by Gasteiger charge is 2.64. The lowest BCUT2D eigenvalue weighted by Crippen LogP contribution is -2.56. The quantitative estimate of drug-likeness (QED) is 0.286. The Bertz CT molecular complexity index is 1690. The SMILES string of the molecule is CC(=O)[C@H]1CC[C@H]2[C@@H]3CCC4=CC(=O)CC(Oc5ccc(OC6CC(=O)C=C7CC[C@H]8[C@@H]9CC[C@H](C(C)=O)[C@@]9(C)CC[C@@H]8[C@]76C)cc5)[C@]4(C)[C@H]3CC[C@]12C.O. The lowest BCUT2D eigenvalue weighted by atomic mass is 9.46. The van der Waals surface area contributed by atoms with Gasteiger partial charge in [0.05, 0.1) is 0 Å². The molecule has 9 rings (SSSR count). The molecule has 0 amide bonds. The number of hydrogen-bond acceptors (Lipinski definition) is 6. The van der Waals surface area contributed by atoms with Gasteiger partial charge in [0.25, 0.3) is 0 Å². The first-order valence-electron chi connectivity index (χ1n) is 21.6. The summed E-state index contributed by atoms with van der Waals surface area (Å²) in [5.74, 6) is 5.95. The third-order valence-corrected chi connectivity index (χ3v) is 18.4. The van der Waals surface area contributed by atoms with Gasteiger partial charge in [0.2, 0.25) is 0 Å². The Kier molecular flexibility index (Phi) is 9.54. The zero-order valence-corrected chi connectivity index (χ0v) is 34.1. The zero-order valence-electron chi connectivity index (χ0n) is 34.1. The Morgan fingerprint density at radius 2 is 0.945 bits per heavy atom. The Balaban J connectivity index is 0.00000427. The predicted octanol–water partition coefficient (Wildman–Crippen LogP) is 9.05. The molecule has 7 heteroatoms. The summed E-state index contributed by atoms with van der Waals surface area (Å²) in [7, 11) is 0. The first-order chi connectivity index (χ1) is 25.7. The number of carbonyl (C=O) groups is 4. The van der Waals surface area contributed by atoms with Crippen LogP contribution in [0, 0.1) is 69.0 Å². The lowest BCUT2D eigenvalue weighted by Gasteiger charge is -2.59. The minimum absolute atomic E-state index is 0. The van der Waals surface area contributed by atoms with Crippen LogP contribution in [-0.4, -0.2) is 40.8 Å². The summed E-state index contributed by atoms with van der Waals surface area (Å²) in [6.45, 7) is 13.1. The van der Waals surface area contributed by atoms with Crippen molar-refractivity contribution in [3.05, 3.63) is 47.6 Å². The lowest BCUT2D eigenvalue weighted by molar-refractivity contribution is -0.133. The fraction of sp³-hybridized carbons (Fsp3) is 0.708. The van der Waals surface area contributed by atoms with Gasteiger partial charge in [0, 0.05) is 35.5 Å². The van der Waals surface area contributed by atoms with Crippen molar-refractivity contribution in [2.24, 2.45) is 69.0 Å². The average Bonchev–Trinajstić information content (AvgIpc) is 3.67. The summed E-state index contributed by atoms with van der Waals surface area (Å²) < 4.78 is 13.8. The molecule has 2 unspecified atom stereocenters. The van der Waals surface area contributed by atoms with Gasteiger partial charge in [-0.25, -0.2) is 0 Å². The van der Waals surface area contributed by atoms with E-state index in [1.54, 1.807) is 13.8 Å². The molecule has 0 saturated heterocycles. The van der Waals surface area contributed by atoms with E-state index in [1.807, 2.05) is 36.4 Å². The van der Waals surface area contributed by atoms with E-state index in [0.29, 0.717) is 59.9 Å². The number of Topliss-reactive ketones (excluding diaryl/α,β-unsaturated/α-hetero) is 2. The molecule has 2 N–H and O–H groups in total. The highest BCUT2D eigenvalue weighted by Crippen LogP contribution is 2.68. The number of rotatable bonds is 6. The maximum absolute atomic E-state index is 13.2. The van der Waals surface area contributed by atoms with Crippen LogP contribution in [0.25, 0.3) is 0 Å². The summed E-state index contributed by atoms with van der Waals surface area (Å²) >= 11 is 0. The minimum Gasteiger partial charge on any atom is -0.489 e. The molecule has 0 spiro atoms. The van der Waals surface area contributed by atoms with Crippen LogP contribution in [-0.2, 0) is 19.2 Å². The van der Waals surface area contributed by atoms with Gasteiger partial charge < -0.3 is 14.9 Å². The standard InChI is InChI=1S/C48H62O6.H2O/c1-27(49)37-15-17-39-35-13-7-29-23-31(51)25-43(47(29,5)41(35)19-21-45(37,39)3)53-33-9-11-34(12-10-33)54-44-26-32(52)24-30-8-14-36-40-18-16-38(28(2)50)46(40,4)22-20-42(36)48(30,44)6;/h9-12,23-24,35-44H,7-8,13-22,25-26H2,1-6H3;1H2/t35-,36-,37+,38+,39-,40-,41-,42-,43?,44?,45+,46+,47-,48-;/m0./s1. The highest BCUT2D eigenvalue weighted by atomic mass is 16.5. The fourth-order valence-electron chi connectivity index (χ4n) is 15.8. The number of ether oxygens (including phenoxy) is 2. The molecule has 0 aliphatic heterocycles. The molecule has 298 valence electrons.